The molecule has 5 heteroatoms. The van der Waals surface area contributed by atoms with Crippen LogP contribution in [0, 0.1) is 5.92 Å². The van der Waals surface area contributed by atoms with Crippen molar-refractivity contribution in [1.82, 2.24) is 9.88 Å². The number of hydrogen-bond donors (Lipinski definition) is 0. The number of benzene rings is 3. The summed E-state index contributed by atoms with van der Waals surface area (Å²) in [5.41, 5.74) is 6.96. The fourth-order valence-electron chi connectivity index (χ4n) is 4.13. The highest BCUT2D eigenvalue weighted by Crippen LogP contribution is 2.24. The van der Waals surface area contributed by atoms with Crippen LogP contribution in [0.25, 0.3) is 21.3 Å². The van der Waals surface area contributed by atoms with E-state index in [0.717, 1.165) is 41.0 Å². The van der Waals surface area contributed by atoms with E-state index < -0.39 is 0 Å². The van der Waals surface area contributed by atoms with Crippen molar-refractivity contribution < 1.29 is 9.53 Å². The predicted octanol–water partition coefficient (Wildman–Crippen LogP) is 5.64. The number of amides is 1. The van der Waals surface area contributed by atoms with Gasteiger partial charge in [0.25, 0.3) is 5.91 Å². The zero-order chi connectivity index (χ0) is 21.0. The average molecular weight is 429 g/mol. The van der Waals surface area contributed by atoms with Gasteiger partial charge in [-0.1, -0.05) is 48.5 Å². The molecule has 1 aliphatic heterocycles. The Labute approximate surface area is 186 Å². The van der Waals surface area contributed by atoms with Gasteiger partial charge in [-0.3, -0.25) is 4.79 Å². The Morgan fingerprint density at radius 2 is 1.90 bits per heavy atom. The van der Waals surface area contributed by atoms with Crippen molar-refractivity contribution >= 4 is 27.5 Å². The SMILES string of the molecule is O=C(c1ccc2ncsc2c1)N(Cc1cccc(-c2ccccc2)c1)CC1CCOC1. The van der Waals surface area contributed by atoms with Gasteiger partial charge in [-0.05, 0) is 47.4 Å². The van der Waals surface area contributed by atoms with Gasteiger partial charge in [-0.15, -0.1) is 11.3 Å². The molecule has 0 aliphatic carbocycles. The normalized spacial score (nSPS) is 15.9. The summed E-state index contributed by atoms with van der Waals surface area (Å²) in [4.78, 5) is 19.8. The molecule has 0 saturated carbocycles. The topological polar surface area (TPSA) is 42.4 Å². The largest absolute Gasteiger partial charge is 0.381 e. The van der Waals surface area contributed by atoms with Crippen molar-refractivity contribution in [2.45, 2.75) is 13.0 Å². The number of fused-ring (bicyclic) bond motifs is 1. The van der Waals surface area contributed by atoms with E-state index in [-0.39, 0.29) is 5.91 Å². The number of aromatic nitrogens is 1. The lowest BCUT2D eigenvalue weighted by Crippen LogP contribution is -2.35. The number of hydrogen-bond acceptors (Lipinski definition) is 4. The second-order valence-electron chi connectivity index (χ2n) is 8.02. The summed E-state index contributed by atoms with van der Waals surface area (Å²) in [5.74, 6) is 0.445. The van der Waals surface area contributed by atoms with Crippen LogP contribution in [0.15, 0.2) is 78.3 Å². The Bertz CT molecular complexity index is 1180. The summed E-state index contributed by atoms with van der Waals surface area (Å²) in [6.07, 6.45) is 1.00. The van der Waals surface area contributed by atoms with Crippen LogP contribution in [0.5, 0.6) is 0 Å². The van der Waals surface area contributed by atoms with Crippen molar-refractivity contribution in [3.05, 3.63) is 89.4 Å². The summed E-state index contributed by atoms with van der Waals surface area (Å²) in [6.45, 7) is 2.79. The van der Waals surface area contributed by atoms with Crippen LogP contribution in [0.2, 0.25) is 0 Å². The zero-order valence-corrected chi connectivity index (χ0v) is 18.1. The van der Waals surface area contributed by atoms with E-state index in [2.05, 4.69) is 41.4 Å². The summed E-state index contributed by atoms with van der Waals surface area (Å²) < 4.78 is 6.62. The maximum atomic E-state index is 13.5. The van der Waals surface area contributed by atoms with Gasteiger partial charge in [0.05, 0.1) is 22.3 Å². The highest BCUT2D eigenvalue weighted by atomic mass is 32.1. The van der Waals surface area contributed by atoms with Crippen LogP contribution >= 0.6 is 11.3 Å². The third-order valence-corrected chi connectivity index (χ3v) is 6.57. The Hall–Kier alpha value is -3.02. The minimum absolute atomic E-state index is 0.0623. The number of carbonyl (C=O) groups is 1. The number of nitrogens with zero attached hydrogens (tertiary/aromatic N) is 2. The van der Waals surface area contributed by atoms with E-state index >= 15 is 0 Å². The van der Waals surface area contributed by atoms with E-state index in [9.17, 15) is 4.79 Å². The van der Waals surface area contributed by atoms with Crippen LogP contribution in [0.1, 0.15) is 22.3 Å². The minimum atomic E-state index is 0.0623. The van der Waals surface area contributed by atoms with Gasteiger partial charge in [0.1, 0.15) is 0 Å². The Morgan fingerprint density at radius 1 is 1.03 bits per heavy atom. The number of thiazole rings is 1. The van der Waals surface area contributed by atoms with Crippen LogP contribution < -0.4 is 0 Å². The van der Waals surface area contributed by atoms with Crippen LogP contribution in [0.3, 0.4) is 0 Å². The molecule has 5 rings (SSSR count). The average Bonchev–Trinajstić information content (AvgIpc) is 3.50. The molecule has 4 nitrogen and oxygen atoms in total. The standard InChI is InChI=1S/C26H24N2O2S/c29-26(23-9-10-24-25(14-23)31-18-27-24)28(16-20-11-12-30-17-20)15-19-5-4-8-22(13-19)21-6-2-1-3-7-21/h1-10,13-14,18,20H,11-12,15-17H2. The maximum absolute atomic E-state index is 13.5. The summed E-state index contributed by atoms with van der Waals surface area (Å²) >= 11 is 1.57. The van der Waals surface area contributed by atoms with Gasteiger partial charge < -0.3 is 9.64 Å². The molecule has 4 aromatic rings. The van der Waals surface area contributed by atoms with Crippen molar-refractivity contribution in [2.75, 3.05) is 19.8 Å². The van der Waals surface area contributed by atoms with Crippen LogP contribution in [0.4, 0.5) is 0 Å². The Balaban J connectivity index is 1.42. The fraction of sp³-hybridized carbons (Fsp3) is 0.231. The van der Waals surface area contributed by atoms with Gasteiger partial charge >= 0.3 is 0 Å². The van der Waals surface area contributed by atoms with Crippen molar-refractivity contribution in [2.24, 2.45) is 5.92 Å². The summed E-state index contributed by atoms with van der Waals surface area (Å²) in [6, 6.07) is 24.6. The van der Waals surface area contributed by atoms with Crippen molar-refractivity contribution in [1.29, 1.82) is 0 Å². The smallest absolute Gasteiger partial charge is 0.254 e. The summed E-state index contributed by atoms with van der Waals surface area (Å²) in [7, 11) is 0. The van der Waals surface area contributed by atoms with E-state index in [4.69, 9.17) is 4.74 Å². The van der Waals surface area contributed by atoms with Gasteiger partial charge in [-0.2, -0.15) is 0 Å². The fourth-order valence-corrected chi connectivity index (χ4v) is 4.85. The van der Waals surface area contributed by atoms with E-state index in [1.54, 1.807) is 11.3 Å². The van der Waals surface area contributed by atoms with Crippen LogP contribution in [-0.2, 0) is 11.3 Å². The number of rotatable bonds is 6. The minimum Gasteiger partial charge on any atom is -0.381 e. The molecule has 1 aliphatic rings. The lowest BCUT2D eigenvalue weighted by molar-refractivity contribution is 0.0706. The molecule has 3 aromatic carbocycles. The molecule has 156 valence electrons. The lowest BCUT2D eigenvalue weighted by atomic mass is 10.0. The van der Waals surface area contributed by atoms with Gasteiger partial charge in [0.15, 0.2) is 0 Å². The molecule has 31 heavy (non-hydrogen) atoms. The molecule has 1 aromatic heterocycles. The highest BCUT2D eigenvalue weighted by Gasteiger charge is 2.24. The molecule has 1 unspecified atom stereocenters. The molecular weight excluding hydrogens is 404 g/mol. The Kier molecular flexibility index (Phi) is 5.78. The number of carbonyl (C=O) groups excluding carboxylic acids is 1. The molecule has 1 amide bonds. The molecule has 0 N–H and O–H groups in total. The first-order chi connectivity index (χ1) is 15.3. The van der Waals surface area contributed by atoms with Gasteiger partial charge in [0.2, 0.25) is 0 Å². The quantitative estimate of drug-likeness (QED) is 0.399. The van der Waals surface area contributed by atoms with Crippen LogP contribution in [-0.4, -0.2) is 35.5 Å². The molecular formula is C26H24N2O2S. The second-order valence-corrected chi connectivity index (χ2v) is 8.90. The molecule has 0 spiro atoms. The first-order valence-corrected chi connectivity index (χ1v) is 11.5. The highest BCUT2D eigenvalue weighted by molar-refractivity contribution is 7.16. The molecule has 0 bridgehead atoms. The molecule has 2 heterocycles. The second kappa shape index (κ2) is 9.00. The third-order valence-electron chi connectivity index (χ3n) is 5.78. The maximum Gasteiger partial charge on any atom is 0.254 e. The van der Waals surface area contributed by atoms with Gasteiger partial charge in [0, 0.05) is 31.2 Å². The first kappa shape index (κ1) is 19.9. The number of ether oxygens (including phenoxy) is 1. The predicted molar refractivity (Wildman–Crippen MR) is 125 cm³/mol. The first-order valence-electron chi connectivity index (χ1n) is 10.6. The molecule has 1 saturated heterocycles. The molecule has 1 fully saturated rings. The lowest BCUT2D eigenvalue weighted by Gasteiger charge is -2.26. The third kappa shape index (κ3) is 4.53. The molecule has 0 radical (unpaired) electrons. The monoisotopic (exact) mass is 428 g/mol. The summed E-state index contributed by atoms with van der Waals surface area (Å²) in [5, 5.41) is 0. The van der Waals surface area contributed by atoms with E-state index in [1.807, 2.05) is 46.8 Å². The van der Waals surface area contributed by atoms with Gasteiger partial charge in [-0.25, -0.2) is 4.98 Å². The van der Waals surface area contributed by atoms with Crippen molar-refractivity contribution in [3.63, 3.8) is 0 Å². The molecule has 1 atom stereocenters. The van der Waals surface area contributed by atoms with E-state index in [1.165, 1.54) is 11.1 Å². The van der Waals surface area contributed by atoms with Crippen molar-refractivity contribution in [3.8, 4) is 11.1 Å². The zero-order valence-electron chi connectivity index (χ0n) is 17.2. The van der Waals surface area contributed by atoms with E-state index in [0.29, 0.717) is 19.0 Å². The Morgan fingerprint density at radius 3 is 2.74 bits per heavy atom.